The molecule has 0 unspecified atom stereocenters. The number of rotatable bonds is 7. The second-order valence-corrected chi connectivity index (χ2v) is 8.89. The zero-order chi connectivity index (χ0) is 21.3. The monoisotopic (exact) mass is 434 g/mol. The van der Waals surface area contributed by atoms with Crippen molar-refractivity contribution in [1.29, 1.82) is 0 Å². The minimum atomic E-state index is 0.485. The molecule has 0 amide bonds. The highest BCUT2D eigenvalue weighted by Crippen LogP contribution is 2.29. The smallest absolute Gasteiger partial charge is 0.191 e. The first-order valence-electron chi connectivity index (χ1n) is 11.6. The van der Waals surface area contributed by atoms with Crippen molar-refractivity contribution in [2.45, 2.75) is 45.7 Å². The van der Waals surface area contributed by atoms with E-state index in [-0.39, 0.29) is 0 Å². The zero-order valence-corrected chi connectivity index (χ0v) is 19.7. The van der Waals surface area contributed by atoms with Crippen LogP contribution in [0.2, 0.25) is 5.02 Å². The molecule has 2 aliphatic heterocycles. The normalized spacial score (nSPS) is 19.9. The summed E-state index contributed by atoms with van der Waals surface area (Å²) in [7, 11) is 2.18. The van der Waals surface area contributed by atoms with Crippen LogP contribution in [0.5, 0.6) is 0 Å². The van der Waals surface area contributed by atoms with E-state index in [9.17, 15) is 0 Å². The first kappa shape index (κ1) is 23.2. The second-order valence-electron chi connectivity index (χ2n) is 8.48. The second kappa shape index (κ2) is 11.8. The Bertz CT molecular complexity index is 678. The molecule has 6 nitrogen and oxygen atoms in total. The summed E-state index contributed by atoms with van der Waals surface area (Å²) in [5, 5.41) is 7.89. The molecule has 0 radical (unpaired) electrons. The Labute approximate surface area is 187 Å². The Balaban J connectivity index is 1.66. The number of likely N-dealkylation sites (N-methyl/N-ethyl adjacent to an activating group) is 1. The van der Waals surface area contributed by atoms with E-state index in [2.05, 4.69) is 58.4 Å². The lowest BCUT2D eigenvalue weighted by molar-refractivity contribution is 0.206. The molecule has 7 heteroatoms. The van der Waals surface area contributed by atoms with Gasteiger partial charge < -0.3 is 25.3 Å². The van der Waals surface area contributed by atoms with Gasteiger partial charge in [0.05, 0.1) is 6.54 Å². The molecule has 1 aromatic carbocycles. The number of aliphatic imine (C=N–C) groups is 1. The van der Waals surface area contributed by atoms with Crippen molar-refractivity contribution in [3.05, 3.63) is 28.8 Å². The fourth-order valence-corrected chi connectivity index (χ4v) is 4.57. The van der Waals surface area contributed by atoms with Crippen molar-refractivity contribution >= 4 is 23.2 Å². The van der Waals surface area contributed by atoms with E-state index in [0.717, 1.165) is 49.3 Å². The highest BCUT2D eigenvalue weighted by Gasteiger charge is 2.20. The van der Waals surface area contributed by atoms with Crippen LogP contribution >= 0.6 is 11.6 Å². The van der Waals surface area contributed by atoms with Gasteiger partial charge in [0.1, 0.15) is 0 Å². The van der Waals surface area contributed by atoms with Gasteiger partial charge in [0, 0.05) is 68.1 Å². The van der Waals surface area contributed by atoms with Crippen LogP contribution in [0.1, 0.15) is 38.7 Å². The Morgan fingerprint density at radius 1 is 1.10 bits per heavy atom. The molecule has 0 atom stereocenters. The number of likely N-dealkylation sites (tertiary alicyclic amines) is 1. The van der Waals surface area contributed by atoms with Crippen molar-refractivity contribution in [2.24, 2.45) is 4.99 Å². The fraction of sp³-hybridized carbons (Fsp3) is 0.696. The number of hydrogen-bond donors (Lipinski definition) is 2. The van der Waals surface area contributed by atoms with Crippen LogP contribution in [0.25, 0.3) is 0 Å². The van der Waals surface area contributed by atoms with Gasteiger partial charge in [-0.05, 0) is 51.9 Å². The Morgan fingerprint density at radius 3 is 2.50 bits per heavy atom. The Morgan fingerprint density at radius 2 is 1.83 bits per heavy atom. The van der Waals surface area contributed by atoms with Gasteiger partial charge in [0.15, 0.2) is 5.96 Å². The number of anilines is 1. The van der Waals surface area contributed by atoms with Gasteiger partial charge in [-0.15, -0.1) is 0 Å². The first-order chi connectivity index (χ1) is 14.6. The minimum absolute atomic E-state index is 0.485. The van der Waals surface area contributed by atoms with Crippen molar-refractivity contribution < 1.29 is 0 Å². The first-order valence-corrected chi connectivity index (χ1v) is 12.0. The molecule has 1 aromatic rings. The number of hydrogen-bond acceptors (Lipinski definition) is 4. The lowest BCUT2D eigenvalue weighted by Gasteiger charge is -2.35. The molecule has 2 N–H and O–H groups in total. The summed E-state index contributed by atoms with van der Waals surface area (Å²) in [6.45, 7) is 13.6. The van der Waals surface area contributed by atoms with Crippen molar-refractivity contribution in [3.63, 3.8) is 0 Å². The van der Waals surface area contributed by atoms with E-state index in [1.807, 2.05) is 6.07 Å². The largest absolute Gasteiger partial charge is 0.369 e. The standard InChI is InChI=1S/C23H39ClN6/c1-4-11-29-12-9-19(10-13-29)27-23(25-5-2)26-18-20-21(24)7-6-8-22(20)30-16-14-28(3)15-17-30/h6-8,19H,4-5,9-18H2,1-3H3,(H2,25,26,27). The number of benzene rings is 1. The maximum atomic E-state index is 6.62. The van der Waals surface area contributed by atoms with Gasteiger partial charge in [-0.3, -0.25) is 0 Å². The van der Waals surface area contributed by atoms with Gasteiger partial charge in [0.25, 0.3) is 0 Å². The predicted octanol–water partition coefficient (Wildman–Crippen LogP) is 3.02. The molecule has 3 rings (SSSR count). The lowest BCUT2D eigenvalue weighted by Crippen LogP contribution is -2.48. The summed E-state index contributed by atoms with van der Waals surface area (Å²) in [5.74, 6) is 0.899. The van der Waals surface area contributed by atoms with E-state index >= 15 is 0 Å². The van der Waals surface area contributed by atoms with Crippen LogP contribution in [0.4, 0.5) is 5.69 Å². The van der Waals surface area contributed by atoms with E-state index in [4.69, 9.17) is 16.6 Å². The minimum Gasteiger partial charge on any atom is -0.369 e. The number of nitrogens with zero attached hydrogens (tertiary/aromatic N) is 4. The van der Waals surface area contributed by atoms with E-state index < -0.39 is 0 Å². The van der Waals surface area contributed by atoms with Crippen LogP contribution in [0.3, 0.4) is 0 Å². The Hall–Kier alpha value is -1.50. The average Bonchev–Trinajstić information content (AvgIpc) is 2.75. The number of guanidine groups is 1. The topological polar surface area (TPSA) is 46.1 Å². The van der Waals surface area contributed by atoms with Gasteiger partial charge in [-0.1, -0.05) is 24.6 Å². The highest BCUT2D eigenvalue weighted by atomic mass is 35.5. The van der Waals surface area contributed by atoms with E-state index in [0.29, 0.717) is 12.6 Å². The van der Waals surface area contributed by atoms with Crippen LogP contribution in [0.15, 0.2) is 23.2 Å². The molecule has 168 valence electrons. The maximum absolute atomic E-state index is 6.62. The van der Waals surface area contributed by atoms with Crippen LogP contribution in [-0.4, -0.2) is 81.2 Å². The van der Waals surface area contributed by atoms with Crippen LogP contribution in [0, 0.1) is 0 Å². The molecular weight excluding hydrogens is 396 g/mol. The van der Waals surface area contributed by atoms with Gasteiger partial charge in [0.2, 0.25) is 0 Å². The summed E-state index contributed by atoms with van der Waals surface area (Å²) in [6, 6.07) is 6.71. The molecule has 2 heterocycles. The number of halogens is 1. The Kier molecular flexibility index (Phi) is 9.09. The third-order valence-corrected chi connectivity index (χ3v) is 6.50. The van der Waals surface area contributed by atoms with Gasteiger partial charge in [-0.2, -0.15) is 0 Å². The molecule has 0 spiro atoms. The molecule has 0 saturated carbocycles. The van der Waals surface area contributed by atoms with Crippen molar-refractivity contribution in [3.8, 4) is 0 Å². The number of nitrogens with one attached hydrogen (secondary N) is 2. The molecule has 2 fully saturated rings. The summed E-state index contributed by atoms with van der Waals surface area (Å²) < 4.78 is 0. The number of piperazine rings is 1. The van der Waals surface area contributed by atoms with Gasteiger partial charge in [-0.25, -0.2) is 4.99 Å². The molecular formula is C23H39ClN6. The summed E-state index contributed by atoms with van der Waals surface area (Å²) >= 11 is 6.62. The van der Waals surface area contributed by atoms with Crippen LogP contribution in [-0.2, 0) is 6.54 Å². The molecule has 0 aromatic heterocycles. The molecule has 0 bridgehead atoms. The highest BCUT2D eigenvalue weighted by molar-refractivity contribution is 6.31. The molecule has 0 aliphatic carbocycles. The molecule has 2 aliphatic rings. The van der Waals surface area contributed by atoms with E-state index in [1.165, 1.54) is 44.6 Å². The lowest BCUT2D eigenvalue weighted by atomic mass is 10.1. The zero-order valence-electron chi connectivity index (χ0n) is 19.0. The van der Waals surface area contributed by atoms with E-state index in [1.54, 1.807) is 0 Å². The average molecular weight is 435 g/mol. The maximum Gasteiger partial charge on any atom is 0.191 e. The predicted molar refractivity (Wildman–Crippen MR) is 129 cm³/mol. The third-order valence-electron chi connectivity index (χ3n) is 6.15. The van der Waals surface area contributed by atoms with Gasteiger partial charge >= 0.3 is 0 Å². The number of piperidine rings is 1. The summed E-state index contributed by atoms with van der Waals surface area (Å²) in [5.41, 5.74) is 2.35. The molecule has 2 saturated heterocycles. The fourth-order valence-electron chi connectivity index (χ4n) is 4.34. The third kappa shape index (κ3) is 6.50. The van der Waals surface area contributed by atoms with Crippen molar-refractivity contribution in [2.75, 3.05) is 64.3 Å². The summed E-state index contributed by atoms with van der Waals surface area (Å²) in [4.78, 5) is 12.3. The molecule has 30 heavy (non-hydrogen) atoms. The van der Waals surface area contributed by atoms with Crippen molar-refractivity contribution in [1.82, 2.24) is 20.4 Å². The summed E-state index contributed by atoms with van der Waals surface area (Å²) in [6.07, 6.45) is 3.57. The van der Waals surface area contributed by atoms with Crippen LogP contribution < -0.4 is 15.5 Å². The quantitative estimate of drug-likeness (QED) is 0.510. The SMILES string of the molecule is CCCN1CCC(NC(=NCc2c(Cl)cccc2N2CCN(C)CC2)NCC)CC1.